The molecule has 1 aromatic carbocycles. The van der Waals surface area contributed by atoms with E-state index < -0.39 is 11.9 Å². The standard InChI is InChI=1S/C21H24N6O5/c22-18(28)17-13-2-1-12(11-14(13)25-19(17)26-21(23)30)15-3-4-16(32-15)20(29)24-5-6-27-7-9-31-10-8-27/h1-4,11,25H,5-10H2,(H2,22,28)(H,24,29)(H3,23,26,30). The average Bonchev–Trinajstić information content (AvgIpc) is 3.38. The van der Waals surface area contributed by atoms with Gasteiger partial charge in [0.15, 0.2) is 5.76 Å². The van der Waals surface area contributed by atoms with Crippen molar-refractivity contribution in [3.8, 4) is 11.3 Å². The Kier molecular flexibility index (Phi) is 6.10. The molecule has 0 radical (unpaired) electrons. The zero-order chi connectivity index (χ0) is 22.7. The van der Waals surface area contributed by atoms with Crippen molar-refractivity contribution in [2.45, 2.75) is 0 Å². The first-order valence-corrected chi connectivity index (χ1v) is 10.1. The molecule has 168 valence electrons. The molecule has 3 heterocycles. The van der Waals surface area contributed by atoms with Crippen LogP contribution in [-0.2, 0) is 4.74 Å². The number of aromatic amines is 1. The van der Waals surface area contributed by atoms with E-state index in [-0.39, 0.29) is 23.0 Å². The lowest BCUT2D eigenvalue weighted by Crippen LogP contribution is -2.41. The van der Waals surface area contributed by atoms with E-state index in [9.17, 15) is 14.4 Å². The smallest absolute Gasteiger partial charge is 0.317 e. The molecule has 0 aliphatic carbocycles. The summed E-state index contributed by atoms with van der Waals surface area (Å²) in [6.45, 7) is 4.39. The summed E-state index contributed by atoms with van der Waals surface area (Å²) < 4.78 is 11.0. The molecule has 32 heavy (non-hydrogen) atoms. The molecule has 4 rings (SSSR count). The number of H-pyrrole nitrogens is 1. The summed E-state index contributed by atoms with van der Waals surface area (Å²) in [6, 6.07) is 7.61. The Morgan fingerprint density at radius 3 is 2.59 bits per heavy atom. The van der Waals surface area contributed by atoms with Crippen LogP contribution in [-0.4, -0.2) is 67.1 Å². The third-order valence-corrected chi connectivity index (χ3v) is 5.22. The van der Waals surface area contributed by atoms with Crippen molar-refractivity contribution in [3.05, 3.63) is 41.7 Å². The van der Waals surface area contributed by atoms with Gasteiger partial charge in [0, 0.05) is 42.6 Å². The van der Waals surface area contributed by atoms with Gasteiger partial charge in [-0.15, -0.1) is 0 Å². The van der Waals surface area contributed by atoms with Crippen molar-refractivity contribution in [1.29, 1.82) is 0 Å². The highest BCUT2D eigenvalue weighted by atomic mass is 16.5. The Bertz CT molecular complexity index is 1160. The quantitative estimate of drug-likeness (QED) is 0.368. The van der Waals surface area contributed by atoms with Gasteiger partial charge in [0.1, 0.15) is 11.6 Å². The summed E-state index contributed by atoms with van der Waals surface area (Å²) in [6.07, 6.45) is 0. The lowest BCUT2D eigenvalue weighted by molar-refractivity contribution is 0.0382. The number of anilines is 1. The number of aromatic nitrogens is 1. The van der Waals surface area contributed by atoms with E-state index in [0.717, 1.165) is 19.6 Å². The number of fused-ring (bicyclic) bond motifs is 1. The third kappa shape index (κ3) is 4.58. The van der Waals surface area contributed by atoms with E-state index >= 15 is 0 Å². The van der Waals surface area contributed by atoms with Crippen molar-refractivity contribution in [1.82, 2.24) is 15.2 Å². The van der Waals surface area contributed by atoms with Gasteiger partial charge in [-0.25, -0.2) is 4.79 Å². The first-order chi connectivity index (χ1) is 15.4. The van der Waals surface area contributed by atoms with E-state index in [2.05, 4.69) is 20.5 Å². The normalized spacial score (nSPS) is 14.4. The molecule has 4 amide bonds. The molecule has 1 fully saturated rings. The number of furan rings is 1. The number of morpholine rings is 1. The maximum Gasteiger partial charge on any atom is 0.317 e. The number of urea groups is 1. The van der Waals surface area contributed by atoms with Gasteiger partial charge >= 0.3 is 6.03 Å². The Labute approximate surface area is 183 Å². The van der Waals surface area contributed by atoms with Gasteiger partial charge in [-0.05, 0) is 18.2 Å². The second-order valence-corrected chi connectivity index (χ2v) is 7.36. The predicted molar refractivity (Wildman–Crippen MR) is 117 cm³/mol. The fraction of sp³-hybridized carbons (Fsp3) is 0.286. The molecule has 0 spiro atoms. The number of benzene rings is 1. The van der Waals surface area contributed by atoms with E-state index in [1.807, 2.05) is 0 Å². The maximum absolute atomic E-state index is 12.4. The van der Waals surface area contributed by atoms with Gasteiger partial charge in [0.25, 0.3) is 11.8 Å². The van der Waals surface area contributed by atoms with Crippen molar-refractivity contribution < 1.29 is 23.5 Å². The Morgan fingerprint density at radius 2 is 1.88 bits per heavy atom. The predicted octanol–water partition coefficient (Wildman–Crippen LogP) is 1.08. The highest BCUT2D eigenvalue weighted by Gasteiger charge is 2.19. The van der Waals surface area contributed by atoms with Gasteiger partial charge in [0.2, 0.25) is 0 Å². The van der Waals surface area contributed by atoms with Crippen molar-refractivity contribution in [3.63, 3.8) is 0 Å². The minimum Gasteiger partial charge on any atom is -0.451 e. The van der Waals surface area contributed by atoms with E-state index in [4.69, 9.17) is 20.6 Å². The molecule has 11 nitrogen and oxygen atoms in total. The van der Waals surface area contributed by atoms with Gasteiger partial charge in [-0.1, -0.05) is 12.1 Å². The number of carbonyl (C=O) groups excluding carboxylic acids is 3. The zero-order valence-corrected chi connectivity index (χ0v) is 17.3. The molecule has 0 bridgehead atoms. The molecule has 3 aromatic rings. The molecule has 0 atom stereocenters. The number of rotatable bonds is 7. The van der Waals surface area contributed by atoms with Crippen molar-refractivity contribution in [2.75, 3.05) is 44.7 Å². The number of ether oxygens (including phenoxy) is 1. The van der Waals surface area contributed by atoms with Gasteiger partial charge in [-0.2, -0.15) is 0 Å². The molecule has 1 aliphatic heterocycles. The molecular weight excluding hydrogens is 416 g/mol. The van der Waals surface area contributed by atoms with Crippen molar-refractivity contribution in [2.24, 2.45) is 11.5 Å². The molecule has 1 saturated heterocycles. The molecule has 1 aliphatic rings. The SMILES string of the molecule is NC(=O)Nc1[nH]c2cc(-c3ccc(C(=O)NCCN4CCOCC4)o3)ccc2c1C(N)=O. The number of nitrogens with one attached hydrogen (secondary N) is 3. The Hall–Kier alpha value is -3.83. The summed E-state index contributed by atoms with van der Waals surface area (Å²) in [5, 5.41) is 5.74. The summed E-state index contributed by atoms with van der Waals surface area (Å²) in [5.41, 5.74) is 12.0. The fourth-order valence-electron chi connectivity index (χ4n) is 3.68. The Balaban J connectivity index is 1.48. The highest BCUT2D eigenvalue weighted by molar-refractivity contribution is 6.13. The van der Waals surface area contributed by atoms with Crippen LogP contribution in [0.1, 0.15) is 20.9 Å². The van der Waals surface area contributed by atoms with E-state index in [0.29, 0.717) is 42.0 Å². The monoisotopic (exact) mass is 440 g/mol. The summed E-state index contributed by atoms with van der Waals surface area (Å²) in [4.78, 5) is 40.6. The average molecular weight is 440 g/mol. The third-order valence-electron chi connectivity index (χ3n) is 5.22. The van der Waals surface area contributed by atoms with Crippen LogP contribution in [0.15, 0.2) is 34.7 Å². The summed E-state index contributed by atoms with van der Waals surface area (Å²) in [7, 11) is 0. The van der Waals surface area contributed by atoms with Crippen LogP contribution < -0.4 is 22.1 Å². The largest absolute Gasteiger partial charge is 0.451 e. The molecule has 2 aromatic heterocycles. The van der Waals surface area contributed by atoms with E-state index in [1.165, 1.54) is 0 Å². The number of primary amides is 2. The lowest BCUT2D eigenvalue weighted by atomic mass is 10.1. The summed E-state index contributed by atoms with van der Waals surface area (Å²) in [5.74, 6) is -0.208. The van der Waals surface area contributed by atoms with E-state index in [1.54, 1.807) is 30.3 Å². The highest BCUT2D eigenvalue weighted by Crippen LogP contribution is 2.31. The first kappa shape index (κ1) is 21.4. The van der Waals surface area contributed by atoms with Gasteiger partial charge in [-0.3, -0.25) is 19.8 Å². The van der Waals surface area contributed by atoms with Crippen LogP contribution in [0.25, 0.3) is 22.2 Å². The number of hydrogen-bond acceptors (Lipinski definition) is 6. The van der Waals surface area contributed by atoms with Crippen molar-refractivity contribution >= 4 is 34.6 Å². The molecule has 11 heteroatoms. The van der Waals surface area contributed by atoms with Crippen LogP contribution in [0.2, 0.25) is 0 Å². The zero-order valence-electron chi connectivity index (χ0n) is 17.3. The van der Waals surface area contributed by atoms with Gasteiger partial charge < -0.3 is 30.9 Å². The number of nitrogens with two attached hydrogens (primary N) is 2. The number of amides is 4. The van der Waals surface area contributed by atoms with Crippen LogP contribution in [0.4, 0.5) is 10.6 Å². The molecule has 7 N–H and O–H groups in total. The summed E-state index contributed by atoms with van der Waals surface area (Å²) >= 11 is 0. The number of carbonyl (C=O) groups is 3. The maximum atomic E-state index is 12.4. The molecule has 0 saturated carbocycles. The first-order valence-electron chi connectivity index (χ1n) is 10.1. The second-order valence-electron chi connectivity index (χ2n) is 7.36. The number of hydrogen-bond donors (Lipinski definition) is 5. The minimum atomic E-state index is -0.824. The number of nitrogens with zero attached hydrogens (tertiary/aromatic N) is 1. The second kappa shape index (κ2) is 9.12. The fourth-order valence-corrected chi connectivity index (χ4v) is 3.68. The van der Waals surface area contributed by atoms with Crippen LogP contribution in [0.5, 0.6) is 0 Å². The topological polar surface area (TPSA) is 169 Å². The molecular formula is C21H24N6O5. The van der Waals surface area contributed by atoms with Crippen LogP contribution in [0, 0.1) is 0 Å². The van der Waals surface area contributed by atoms with Crippen LogP contribution >= 0.6 is 0 Å². The van der Waals surface area contributed by atoms with Crippen LogP contribution in [0.3, 0.4) is 0 Å². The van der Waals surface area contributed by atoms with Gasteiger partial charge in [0.05, 0.1) is 18.8 Å². The lowest BCUT2D eigenvalue weighted by Gasteiger charge is -2.26. The molecule has 0 unspecified atom stereocenters. The Morgan fingerprint density at radius 1 is 1.09 bits per heavy atom. The minimum absolute atomic E-state index is 0.122.